The molecule has 0 heterocycles. The van der Waals surface area contributed by atoms with Crippen LogP contribution in [0.5, 0.6) is 5.75 Å². The monoisotopic (exact) mass is 278 g/mol. The molecular weight excluding hydrogens is 260 g/mol. The molecule has 5 heteroatoms. The van der Waals surface area contributed by atoms with E-state index in [4.69, 9.17) is 4.74 Å². The van der Waals surface area contributed by atoms with E-state index in [-0.39, 0.29) is 11.7 Å². The van der Waals surface area contributed by atoms with Crippen molar-refractivity contribution in [3.63, 3.8) is 0 Å². The van der Waals surface area contributed by atoms with E-state index < -0.39 is 11.9 Å². The first-order chi connectivity index (χ1) is 9.47. The summed E-state index contributed by atoms with van der Waals surface area (Å²) in [6, 6.07) is 7.00. The molecular formula is C15H18O5. The molecule has 0 amide bonds. The van der Waals surface area contributed by atoms with Crippen LogP contribution in [0.3, 0.4) is 0 Å². The molecule has 1 rings (SSSR count). The minimum Gasteiger partial charge on any atom is -0.491 e. The molecule has 0 N–H and O–H groups in total. The summed E-state index contributed by atoms with van der Waals surface area (Å²) in [6.45, 7) is 3.86. The third kappa shape index (κ3) is 4.42. The molecule has 0 atom stereocenters. The second kappa shape index (κ2) is 7.33. The van der Waals surface area contributed by atoms with Crippen molar-refractivity contribution in [2.45, 2.75) is 20.0 Å². The van der Waals surface area contributed by atoms with Crippen molar-refractivity contribution in [3.05, 3.63) is 35.4 Å². The summed E-state index contributed by atoms with van der Waals surface area (Å²) < 4.78 is 14.6. The SMILES string of the molecule is COC(=O)C(=Cc1ccc(OC(C)C)cc1)C(=O)OC. The highest BCUT2D eigenvalue weighted by atomic mass is 16.5. The van der Waals surface area contributed by atoms with E-state index >= 15 is 0 Å². The molecule has 0 aliphatic heterocycles. The molecule has 0 bridgehead atoms. The van der Waals surface area contributed by atoms with Crippen molar-refractivity contribution >= 4 is 18.0 Å². The Kier molecular flexibility index (Phi) is 5.77. The van der Waals surface area contributed by atoms with Gasteiger partial charge in [0.1, 0.15) is 11.3 Å². The summed E-state index contributed by atoms with van der Waals surface area (Å²) in [4.78, 5) is 23.0. The molecule has 0 aliphatic carbocycles. The van der Waals surface area contributed by atoms with Crippen molar-refractivity contribution in [2.75, 3.05) is 14.2 Å². The molecule has 5 nitrogen and oxygen atoms in total. The highest BCUT2D eigenvalue weighted by Gasteiger charge is 2.19. The van der Waals surface area contributed by atoms with Gasteiger partial charge in [0.2, 0.25) is 0 Å². The summed E-state index contributed by atoms with van der Waals surface area (Å²) in [5.74, 6) is -0.756. The number of benzene rings is 1. The number of esters is 2. The summed E-state index contributed by atoms with van der Waals surface area (Å²) in [5, 5.41) is 0. The van der Waals surface area contributed by atoms with Gasteiger partial charge >= 0.3 is 11.9 Å². The van der Waals surface area contributed by atoms with E-state index in [2.05, 4.69) is 9.47 Å². The van der Waals surface area contributed by atoms with Crippen molar-refractivity contribution in [1.82, 2.24) is 0 Å². The standard InChI is InChI=1S/C15H18O5/c1-10(2)20-12-7-5-11(6-8-12)9-13(14(16)18-3)15(17)19-4/h5-10H,1-4H3. The van der Waals surface area contributed by atoms with E-state index in [9.17, 15) is 9.59 Å². The fourth-order valence-corrected chi connectivity index (χ4v) is 1.50. The highest BCUT2D eigenvalue weighted by molar-refractivity contribution is 6.17. The molecule has 1 aromatic rings. The fraction of sp³-hybridized carbons (Fsp3) is 0.333. The Morgan fingerprint density at radius 3 is 1.90 bits per heavy atom. The summed E-state index contributed by atoms with van der Waals surface area (Å²) in [7, 11) is 2.41. The number of rotatable bonds is 5. The normalized spacial score (nSPS) is 9.85. The number of methoxy groups -OCH3 is 2. The third-order valence-corrected chi connectivity index (χ3v) is 2.37. The molecule has 0 fully saturated rings. The molecule has 0 spiro atoms. The number of ether oxygens (including phenoxy) is 3. The van der Waals surface area contributed by atoms with Crippen molar-refractivity contribution in [1.29, 1.82) is 0 Å². The molecule has 0 radical (unpaired) electrons. The van der Waals surface area contributed by atoms with E-state index in [1.807, 2.05) is 13.8 Å². The summed E-state index contributed by atoms with van der Waals surface area (Å²) in [5.41, 5.74) is 0.513. The fourth-order valence-electron chi connectivity index (χ4n) is 1.50. The topological polar surface area (TPSA) is 61.8 Å². The van der Waals surface area contributed by atoms with Gasteiger partial charge in [-0.3, -0.25) is 0 Å². The highest BCUT2D eigenvalue weighted by Crippen LogP contribution is 2.16. The third-order valence-electron chi connectivity index (χ3n) is 2.37. The van der Waals surface area contributed by atoms with Crippen molar-refractivity contribution in [2.24, 2.45) is 0 Å². The van der Waals surface area contributed by atoms with Crippen LogP contribution in [0.4, 0.5) is 0 Å². The zero-order chi connectivity index (χ0) is 15.1. The Bertz CT molecular complexity index is 482. The van der Waals surface area contributed by atoms with Gasteiger partial charge in [-0.15, -0.1) is 0 Å². The number of hydrogen-bond acceptors (Lipinski definition) is 5. The lowest BCUT2D eigenvalue weighted by atomic mass is 10.1. The smallest absolute Gasteiger partial charge is 0.345 e. The van der Waals surface area contributed by atoms with Crippen LogP contribution in [0.1, 0.15) is 19.4 Å². The maximum absolute atomic E-state index is 11.5. The zero-order valence-corrected chi connectivity index (χ0v) is 12.0. The number of carbonyl (C=O) groups excluding carboxylic acids is 2. The quantitative estimate of drug-likeness (QED) is 0.357. The molecule has 0 saturated heterocycles. The molecule has 0 saturated carbocycles. The van der Waals surface area contributed by atoms with Gasteiger partial charge in [0, 0.05) is 0 Å². The van der Waals surface area contributed by atoms with Crippen LogP contribution in [-0.4, -0.2) is 32.3 Å². The minimum atomic E-state index is -0.737. The van der Waals surface area contributed by atoms with Crippen molar-refractivity contribution < 1.29 is 23.8 Å². The van der Waals surface area contributed by atoms with Gasteiger partial charge in [-0.05, 0) is 37.6 Å². The molecule has 20 heavy (non-hydrogen) atoms. The largest absolute Gasteiger partial charge is 0.491 e. The maximum atomic E-state index is 11.5. The summed E-state index contributed by atoms with van der Waals surface area (Å²) in [6.07, 6.45) is 1.49. The van der Waals surface area contributed by atoms with Gasteiger partial charge in [0.15, 0.2) is 0 Å². The Morgan fingerprint density at radius 2 is 1.50 bits per heavy atom. The first kappa shape index (κ1) is 15.8. The van der Waals surface area contributed by atoms with Gasteiger partial charge in [-0.1, -0.05) is 12.1 Å². The predicted octanol–water partition coefficient (Wildman–Crippen LogP) is 2.20. The first-order valence-corrected chi connectivity index (χ1v) is 6.13. The van der Waals surface area contributed by atoms with Gasteiger partial charge in [0.25, 0.3) is 0 Å². The van der Waals surface area contributed by atoms with Crippen LogP contribution >= 0.6 is 0 Å². The van der Waals surface area contributed by atoms with Crippen LogP contribution in [0.15, 0.2) is 29.8 Å². The first-order valence-electron chi connectivity index (χ1n) is 6.13. The van der Waals surface area contributed by atoms with E-state index in [1.54, 1.807) is 24.3 Å². The number of hydrogen-bond donors (Lipinski definition) is 0. The van der Waals surface area contributed by atoms with Gasteiger partial charge in [0.05, 0.1) is 20.3 Å². The van der Waals surface area contributed by atoms with Crippen LogP contribution in [0.2, 0.25) is 0 Å². The van der Waals surface area contributed by atoms with Crippen molar-refractivity contribution in [3.8, 4) is 5.75 Å². The molecule has 0 unspecified atom stereocenters. The number of carbonyl (C=O) groups is 2. The van der Waals surface area contributed by atoms with E-state index in [0.717, 1.165) is 5.75 Å². The Balaban J connectivity index is 2.99. The Labute approximate surface area is 118 Å². The van der Waals surface area contributed by atoms with Crippen LogP contribution in [-0.2, 0) is 19.1 Å². The van der Waals surface area contributed by atoms with Crippen LogP contribution in [0.25, 0.3) is 6.08 Å². The van der Waals surface area contributed by atoms with E-state index in [1.165, 1.54) is 20.3 Å². The predicted molar refractivity (Wildman–Crippen MR) is 74.2 cm³/mol. The summed E-state index contributed by atoms with van der Waals surface area (Å²) >= 11 is 0. The average Bonchev–Trinajstić information content (AvgIpc) is 2.44. The van der Waals surface area contributed by atoms with Gasteiger partial charge in [-0.2, -0.15) is 0 Å². The molecule has 108 valence electrons. The second-order valence-electron chi connectivity index (χ2n) is 4.28. The minimum absolute atomic E-state index is 0.0806. The zero-order valence-electron chi connectivity index (χ0n) is 12.0. The van der Waals surface area contributed by atoms with Gasteiger partial charge in [-0.25, -0.2) is 9.59 Å². The average molecular weight is 278 g/mol. The van der Waals surface area contributed by atoms with Crippen LogP contribution < -0.4 is 4.74 Å². The lowest BCUT2D eigenvalue weighted by Crippen LogP contribution is -2.15. The Hall–Kier alpha value is -2.30. The molecule has 0 aromatic heterocycles. The van der Waals surface area contributed by atoms with Gasteiger partial charge < -0.3 is 14.2 Å². The molecule has 1 aromatic carbocycles. The lowest BCUT2D eigenvalue weighted by molar-refractivity contribution is -0.143. The Morgan fingerprint density at radius 1 is 1.00 bits per heavy atom. The van der Waals surface area contributed by atoms with E-state index in [0.29, 0.717) is 5.56 Å². The second-order valence-corrected chi connectivity index (χ2v) is 4.28. The molecule has 0 aliphatic rings. The lowest BCUT2D eigenvalue weighted by Gasteiger charge is -2.09. The van der Waals surface area contributed by atoms with Crippen LogP contribution in [0, 0.1) is 0 Å². The maximum Gasteiger partial charge on any atom is 0.345 e.